The Kier molecular flexibility index (Phi) is 6.55. The molecule has 1 aromatic carbocycles. The standard InChI is InChI=1S/C17H15ClFN5O2S2/c1-2-5-24-14(22-23-17(24)27)7-11-9-28-16(20-11)21-15(25)8-26-13-4-3-10(19)6-12(13)18/h2-4,6,9H,1,5,7-8H2,(H,23,27)(H,20,21,25). The number of thiazole rings is 1. The van der Waals surface area contributed by atoms with Gasteiger partial charge in [0.15, 0.2) is 16.5 Å². The number of hydrogen-bond donors (Lipinski definition) is 2. The maximum absolute atomic E-state index is 13.0. The third kappa shape index (κ3) is 5.03. The second-order valence-corrected chi connectivity index (χ2v) is 7.23. The van der Waals surface area contributed by atoms with E-state index in [2.05, 4.69) is 27.1 Å². The van der Waals surface area contributed by atoms with Crippen LogP contribution in [0.1, 0.15) is 11.5 Å². The number of anilines is 1. The van der Waals surface area contributed by atoms with Crippen LogP contribution >= 0.6 is 35.2 Å². The number of benzene rings is 1. The smallest absolute Gasteiger partial charge is 0.264 e. The largest absolute Gasteiger partial charge is 0.482 e. The van der Waals surface area contributed by atoms with E-state index in [1.807, 2.05) is 9.95 Å². The maximum atomic E-state index is 13.0. The normalized spacial score (nSPS) is 10.6. The van der Waals surface area contributed by atoms with Gasteiger partial charge < -0.3 is 4.74 Å². The topological polar surface area (TPSA) is 84.8 Å². The fourth-order valence-corrected chi connectivity index (χ4v) is 3.47. The average molecular weight is 440 g/mol. The Labute approximate surface area is 173 Å². The second-order valence-electron chi connectivity index (χ2n) is 5.58. The number of halogens is 2. The lowest BCUT2D eigenvalue weighted by molar-refractivity contribution is -0.118. The number of aromatic nitrogens is 4. The number of amides is 1. The van der Waals surface area contributed by atoms with E-state index in [0.29, 0.717) is 22.9 Å². The first-order valence-electron chi connectivity index (χ1n) is 8.03. The maximum Gasteiger partial charge on any atom is 0.264 e. The highest BCUT2D eigenvalue weighted by Crippen LogP contribution is 2.25. The minimum Gasteiger partial charge on any atom is -0.482 e. The van der Waals surface area contributed by atoms with Crippen molar-refractivity contribution in [1.29, 1.82) is 0 Å². The van der Waals surface area contributed by atoms with Crippen molar-refractivity contribution < 1.29 is 13.9 Å². The van der Waals surface area contributed by atoms with Crippen molar-refractivity contribution in [1.82, 2.24) is 19.7 Å². The van der Waals surface area contributed by atoms with Crippen LogP contribution in [-0.4, -0.2) is 32.3 Å². The van der Waals surface area contributed by atoms with E-state index in [1.165, 1.54) is 23.5 Å². The number of nitrogens with one attached hydrogen (secondary N) is 2. The fraction of sp³-hybridized carbons (Fsp3) is 0.176. The van der Waals surface area contributed by atoms with E-state index in [4.69, 9.17) is 28.6 Å². The summed E-state index contributed by atoms with van der Waals surface area (Å²) in [5.41, 5.74) is 0.738. The zero-order valence-electron chi connectivity index (χ0n) is 14.4. The van der Waals surface area contributed by atoms with Gasteiger partial charge in [0.2, 0.25) is 0 Å². The lowest BCUT2D eigenvalue weighted by Gasteiger charge is -2.07. The second kappa shape index (κ2) is 9.09. The number of rotatable bonds is 8. The van der Waals surface area contributed by atoms with Gasteiger partial charge in [-0.2, -0.15) is 5.10 Å². The Morgan fingerprint density at radius 1 is 1.54 bits per heavy atom. The molecule has 11 heteroatoms. The number of carbonyl (C=O) groups excluding carboxylic acids is 1. The molecule has 2 heterocycles. The third-order valence-corrected chi connectivity index (χ3v) is 4.95. The molecule has 0 bridgehead atoms. The molecule has 0 saturated heterocycles. The number of aromatic amines is 1. The summed E-state index contributed by atoms with van der Waals surface area (Å²) in [5.74, 6) is 0.0626. The molecule has 7 nitrogen and oxygen atoms in total. The molecule has 28 heavy (non-hydrogen) atoms. The summed E-state index contributed by atoms with van der Waals surface area (Å²) in [5, 5.41) is 11.9. The van der Waals surface area contributed by atoms with Crippen LogP contribution in [0.15, 0.2) is 36.2 Å². The summed E-state index contributed by atoms with van der Waals surface area (Å²) in [6.07, 6.45) is 2.18. The molecule has 2 N–H and O–H groups in total. The van der Waals surface area contributed by atoms with Crippen LogP contribution in [0.2, 0.25) is 5.02 Å². The van der Waals surface area contributed by atoms with Crippen LogP contribution < -0.4 is 10.1 Å². The van der Waals surface area contributed by atoms with Crippen molar-refractivity contribution in [2.24, 2.45) is 0 Å². The summed E-state index contributed by atoms with van der Waals surface area (Å²) in [6, 6.07) is 3.68. The zero-order valence-corrected chi connectivity index (χ0v) is 16.8. The minimum atomic E-state index is -0.480. The molecule has 2 aromatic heterocycles. The van der Waals surface area contributed by atoms with Gasteiger partial charge in [-0.05, 0) is 30.4 Å². The number of allylic oxidation sites excluding steroid dienone is 1. The molecule has 0 saturated carbocycles. The van der Waals surface area contributed by atoms with Gasteiger partial charge in [0.1, 0.15) is 17.4 Å². The van der Waals surface area contributed by atoms with Crippen LogP contribution in [0.5, 0.6) is 5.75 Å². The molecule has 0 unspecified atom stereocenters. The van der Waals surface area contributed by atoms with Gasteiger partial charge in [0.05, 0.1) is 17.1 Å². The summed E-state index contributed by atoms with van der Waals surface area (Å²) in [4.78, 5) is 16.4. The molecule has 0 spiro atoms. The highest BCUT2D eigenvalue weighted by Gasteiger charge is 2.12. The highest BCUT2D eigenvalue weighted by atomic mass is 35.5. The van der Waals surface area contributed by atoms with Crippen molar-refractivity contribution in [3.05, 3.63) is 63.4 Å². The van der Waals surface area contributed by atoms with E-state index in [1.54, 1.807) is 6.08 Å². The van der Waals surface area contributed by atoms with Crippen molar-refractivity contribution in [2.45, 2.75) is 13.0 Å². The Balaban J connectivity index is 1.57. The average Bonchev–Trinajstić information content (AvgIpc) is 3.23. The molecule has 0 radical (unpaired) electrons. The van der Waals surface area contributed by atoms with Crippen LogP contribution in [0, 0.1) is 10.6 Å². The number of nitrogens with zero attached hydrogens (tertiary/aromatic N) is 3. The summed E-state index contributed by atoms with van der Waals surface area (Å²) in [6.45, 7) is 3.97. The quantitative estimate of drug-likeness (QED) is 0.409. The van der Waals surface area contributed by atoms with Gasteiger partial charge in [-0.15, -0.1) is 17.9 Å². The Morgan fingerprint density at radius 3 is 3.11 bits per heavy atom. The Bertz CT molecular complexity index is 1060. The number of carbonyl (C=O) groups is 1. The van der Waals surface area contributed by atoms with Crippen molar-refractivity contribution in [2.75, 3.05) is 11.9 Å². The predicted octanol–water partition coefficient (Wildman–Crippen LogP) is 3.98. The highest BCUT2D eigenvalue weighted by molar-refractivity contribution is 7.71. The molecular weight excluding hydrogens is 425 g/mol. The van der Waals surface area contributed by atoms with Gasteiger partial charge in [0.25, 0.3) is 5.91 Å². The lowest BCUT2D eigenvalue weighted by atomic mass is 10.3. The Morgan fingerprint density at radius 2 is 2.36 bits per heavy atom. The summed E-state index contributed by atoms with van der Waals surface area (Å²) < 4.78 is 20.6. The lowest BCUT2D eigenvalue weighted by Crippen LogP contribution is -2.20. The SMILES string of the molecule is C=CCn1c(Cc2csc(NC(=O)COc3ccc(F)cc3Cl)n2)n[nH]c1=S. The third-order valence-electron chi connectivity index (χ3n) is 3.54. The van der Waals surface area contributed by atoms with Crippen molar-refractivity contribution in [3.8, 4) is 5.75 Å². The molecule has 0 fully saturated rings. The first-order chi connectivity index (χ1) is 13.5. The molecule has 3 aromatic rings. The monoisotopic (exact) mass is 439 g/mol. The van der Waals surface area contributed by atoms with Crippen LogP contribution in [0.25, 0.3) is 0 Å². The van der Waals surface area contributed by atoms with Gasteiger partial charge >= 0.3 is 0 Å². The van der Waals surface area contributed by atoms with E-state index < -0.39 is 11.7 Å². The molecule has 0 aliphatic rings. The van der Waals surface area contributed by atoms with E-state index in [0.717, 1.165) is 17.6 Å². The van der Waals surface area contributed by atoms with Crippen molar-refractivity contribution in [3.63, 3.8) is 0 Å². The number of H-pyrrole nitrogens is 1. The first kappa shape index (κ1) is 20.2. The fourth-order valence-electron chi connectivity index (χ4n) is 2.30. The minimum absolute atomic E-state index is 0.0947. The van der Waals surface area contributed by atoms with Gasteiger partial charge in [-0.3, -0.25) is 19.8 Å². The molecule has 0 aliphatic heterocycles. The molecule has 146 valence electrons. The first-order valence-corrected chi connectivity index (χ1v) is 9.70. The van der Waals surface area contributed by atoms with Crippen molar-refractivity contribution >= 4 is 46.2 Å². The van der Waals surface area contributed by atoms with Crippen LogP contribution in [0.3, 0.4) is 0 Å². The van der Waals surface area contributed by atoms with Crippen LogP contribution in [0.4, 0.5) is 9.52 Å². The predicted molar refractivity (Wildman–Crippen MR) is 108 cm³/mol. The van der Waals surface area contributed by atoms with Gasteiger partial charge in [-0.1, -0.05) is 17.7 Å². The van der Waals surface area contributed by atoms with Crippen LogP contribution in [-0.2, 0) is 17.8 Å². The van der Waals surface area contributed by atoms with Gasteiger partial charge in [-0.25, -0.2) is 9.37 Å². The number of ether oxygens (including phenoxy) is 1. The Hall–Kier alpha value is -2.56. The molecule has 0 atom stereocenters. The summed E-state index contributed by atoms with van der Waals surface area (Å²) >= 11 is 12.3. The zero-order chi connectivity index (χ0) is 20.1. The van der Waals surface area contributed by atoms with Gasteiger partial charge in [0, 0.05) is 11.9 Å². The number of hydrogen-bond acceptors (Lipinski definition) is 6. The van der Waals surface area contributed by atoms with E-state index >= 15 is 0 Å². The molecule has 3 rings (SSSR count). The molecular formula is C17H15ClFN5O2S2. The molecule has 1 amide bonds. The molecule has 0 aliphatic carbocycles. The van der Waals surface area contributed by atoms with E-state index in [9.17, 15) is 9.18 Å². The van der Waals surface area contributed by atoms with E-state index in [-0.39, 0.29) is 17.4 Å². The summed E-state index contributed by atoms with van der Waals surface area (Å²) in [7, 11) is 0.